The fourth-order valence-electron chi connectivity index (χ4n) is 2.32. The van der Waals surface area contributed by atoms with Crippen molar-refractivity contribution in [2.45, 2.75) is 24.9 Å². The molecule has 2 aromatic rings. The van der Waals surface area contributed by atoms with E-state index in [0.29, 0.717) is 11.2 Å². The molecule has 0 radical (unpaired) electrons. The van der Waals surface area contributed by atoms with E-state index in [1.165, 1.54) is 10.9 Å². The maximum Gasteiger partial charge on any atom is 1.00 e. The van der Waals surface area contributed by atoms with Gasteiger partial charge in [-0.15, -0.1) is 0 Å². The van der Waals surface area contributed by atoms with Gasteiger partial charge in [-0.05, 0) is 11.6 Å². The number of hydrogen-bond acceptors (Lipinski definition) is 10. The summed E-state index contributed by atoms with van der Waals surface area (Å²) in [5.41, 5.74) is 6.32. The van der Waals surface area contributed by atoms with Crippen LogP contribution < -0.4 is 53.2 Å². The zero-order valence-corrected chi connectivity index (χ0v) is 15.1. The van der Waals surface area contributed by atoms with Gasteiger partial charge in [-0.2, -0.15) is 9.97 Å². The van der Waals surface area contributed by atoms with Crippen LogP contribution in [0.1, 0.15) is 12.6 Å². The first-order valence-corrected chi connectivity index (χ1v) is 8.24. The summed E-state index contributed by atoms with van der Waals surface area (Å²) >= 11 is 5.76. The summed E-state index contributed by atoms with van der Waals surface area (Å²) < 4.78 is 21.6. The zero-order valence-electron chi connectivity index (χ0n) is 13.4. The second kappa shape index (κ2) is 8.70. The fraction of sp³-hybridized carbons (Fsp3) is 0.500. The van der Waals surface area contributed by atoms with Gasteiger partial charge < -0.3 is 34.5 Å². The van der Waals surface area contributed by atoms with Crippen molar-refractivity contribution in [2.24, 2.45) is 0 Å². The molecule has 3 heterocycles. The molecule has 0 saturated carbocycles. The van der Waals surface area contributed by atoms with E-state index in [9.17, 15) is 19.5 Å². The molecule has 15 heteroatoms. The maximum atomic E-state index is 10.5. The number of halogens is 1. The summed E-state index contributed by atoms with van der Waals surface area (Å²) in [6, 6.07) is 0. The van der Waals surface area contributed by atoms with Crippen molar-refractivity contribution in [2.75, 3.05) is 12.3 Å². The van der Waals surface area contributed by atoms with E-state index in [2.05, 4.69) is 19.5 Å². The molecular formula is C10H11ClLi2N5O6P. The molecule has 0 amide bonds. The molecule has 2 aromatic heterocycles. The van der Waals surface area contributed by atoms with Crippen LogP contribution in [0.25, 0.3) is 11.2 Å². The normalized spacial score (nSPS) is 23.3. The molecule has 126 valence electrons. The Morgan fingerprint density at radius 1 is 1.48 bits per heavy atom. The van der Waals surface area contributed by atoms with Crippen LogP contribution in [-0.4, -0.2) is 43.4 Å². The summed E-state index contributed by atoms with van der Waals surface area (Å²) in [5, 5.41) is 9.85. The largest absolute Gasteiger partial charge is 1.00 e. The molecule has 1 aliphatic rings. The summed E-state index contributed by atoms with van der Waals surface area (Å²) in [7, 11) is -5.14. The van der Waals surface area contributed by atoms with E-state index in [1.807, 2.05) is 0 Å². The number of imidazole rings is 1. The number of nitrogen functional groups attached to an aromatic ring is 1. The van der Waals surface area contributed by atoms with E-state index in [0.717, 1.165) is 0 Å². The molecule has 0 bridgehead atoms. The van der Waals surface area contributed by atoms with Crippen LogP contribution in [0.3, 0.4) is 0 Å². The molecule has 0 aliphatic carbocycles. The van der Waals surface area contributed by atoms with E-state index in [4.69, 9.17) is 22.1 Å². The summed E-state index contributed by atoms with van der Waals surface area (Å²) in [5.74, 6) is 0.0934. The van der Waals surface area contributed by atoms with Gasteiger partial charge in [-0.1, -0.05) is 0 Å². The van der Waals surface area contributed by atoms with Crippen molar-refractivity contribution >= 4 is 36.4 Å². The number of rotatable bonds is 4. The summed E-state index contributed by atoms with van der Waals surface area (Å²) in [6.07, 6.45) is -1.21. The quantitative estimate of drug-likeness (QED) is 0.296. The van der Waals surface area contributed by atoms with Crippen LogP contribution in [0.5, 0.6) is 0 Å². The van der Waals surface area contributed by atoms with Gasteiger partial charge in [0.15, 0.2) is 11.5 Å². The number of hydrogen-bond donors (Lipinski definition) is 2. The molecule has 3 rings (SSSR count). The molecule has 0 unspecified atom stereocenters. The molecule has 1 aliphatic heterocycles. The number of anilines is 1. The third kappa shape index (κ3) is 5.19. The average molecular weight is 378 g/mol. The Kier molecular flexibility index (Phi) is 7.97. The van der Waals surface area contributed by atoms with Crippen molar-refractivity contribution in [1.29, 1.82) is 0 Å². The average Bonchev–Trinajstić information content (AvgIpc) is 2.99. The molecule has 0 spiro atoms. The Morgan fingerprint density at radius 3 is 2.80 bits per heavy atom. The SMILES string of the molecule is Nc1nc(Cl)nc2c1ncn2[C@H]1C[C@H](O)[C@@H](COP(=O)([O-])[O-])O1.[Li+].[Li+]. The monoisotopic (exact) mass is 377 g/mol. The maximum absolute atomic E-state index is 10.5. The third-order valence-corrected chi connectivity index (χ3v) is 3.97. The van der Waals surface area contributed by atoms with E-state index < -0.39 is 32.9 Å². The van der Waals surface area contributed by atoms with Crippen LogP contribution in [0.15, 0.2) is 6.33 Å². The predicted molar refractivity (Wildman–Crippen MR) is 72.8 cm³/mol. The molecule has 0 aromatic carbocycles. The van der Waals surface area contributed by atoms with Crippen molar-refractivity contribution in [3.8, 4) is 0 Å². The number of fused-ring (bicyclic) bond motifs is 1. The van der Waals surface area contributed by atoms with Gasteiger partial charge in [-0.25, -0.2) is 4.98 Å². The molecule has 11 nitrogen and oxygen atoms in total. The van der Waals surface area contributed by atoms with Gasteiger partial charge in [0.2, 0.25) is 5.28 Å². The second-order valence-corrected chi connectivity index (χ2v) is 6.37. The first-order chi connectivity index (χ1) is 10.7. The van der Waals surface area contributed by atoms with Crippen LogP contribution in [0.4, 0.5) is 5.82 Å². The molecule has 1 fully saturated rings. The first kappa shape index (κ1) is 22.9. The number of nitrogens with zero attached hydrogens (tertiary/aromatic N) is 4. The smallest absolute Gasteiger partial charge is 0.790 e. The minimum Gasteiger partial charge on any atom is -0.790 e. The fourth-order valence-corrected chi connectivity index (χ4v) is 2.82. The Labute approximate surface area is 170 Å². The molecule has 1 saturated heterocycles. The number of aromatic nitrogens is 4. The van der Waals surface area contributed by atoms with Crippen LogP contribution >= 0.6 is 19.4 Å². The van der Waals surface area contributed by atoms with E-state index in [1.54, 1.807) is 0 Å². The second-order valence-electron chi connectivity index (χ2n) is 4.88. The number of aliphatic hydroxyl groups excluding tert-OH is 1. The first-order valence-electron chi connectivity index (χ1n) is 6.40. The Balaban J connectivity index is 0.00000156. The topological polar surface area (TPSA) is 172 Å². The van der Waals surface area contributed by atoms with Crippen molar-refractivity contribution < 1.29 is 66.4 Å². The standard InChI is InChI=1S/C10H13ClN5O6P.2Li/c11-10-14-8(12)7-9(15-10)16(3-13-7)6-1-4(17)5(22-6)2-21-23(18,19)20;;/h3-6,17H,1-2H2,(H2,12,14,15)(H2,18,19,20);;/q;2*+1/p-2/t4-,5+,6+;;/m0../s1. The molecular weight excluding hydrogens is 366 g/mol. The summed E-state index contributed by atoms with van der Waals surface area (Å²) in [4.78, 5) is 32.9. The number of phosphoric acid groups is 1. The number of aliphatic hydroxyl groups is 1. The third-order valence-electron chi connectivity index (χ3n) is 3.33. The minimum absolute atomic E-state index is 0. The summed E-state index contributed by atoms with van der Waals surface area (Å²) in [6.45, 7) is -0.577. The minimum atomic E-state index is -5.14. The number of phosphoric ester groups is 1. The Morgan fingerprint density at radius 2 is 2.16 bits per heavy atom. The molecule has 25 heavy (non-hydrogen) atoms. The van der Waals surface area contributed by atoms with Gasteiger partial charge in [0.25, 0.3) is 0 Å². The van der Waals surface area contributed by atoms with E-state index in [-0.39, 0.29) is 55.2 Å². The van der Waals surface area contributed by atoms with Crippen LogP contribution in [-0.2, 0) is 13.8 Å². The van der Waals surface area contributed by atoms with Gasteiger partial charge in [0.1, 0.15) is 17.8 Å². The predicted octanol–water partition coefficient (Wildman–Crippen LogP) is -7.44. The van der Waals surface area contributed by atoms with Gasteiger partial charge in [-0.3, -0.25) is 4.57 Å². The van der Waals surface area contributed by atoms with Crippen LogP contribution in [0.2, 0.25) is 5.28 Å². The van der Waals surface area contributed by atoms with Gasteiger partial charge in [0, 0.05) is 6.42 Å². The van der Waals surface area contributed by atoms with Crippen molar-refractivity contribution in [3.05, 3.63) is 11.6 Å². The molecule has 3 N–H and O–H groups in total. The zero-order chi connectivity index (χ0) is 16.8. The van der Waals surface area contributed by atoms with Crippen LogP contribution in [0, 0.1) is 0 Å². The number of ether oxygens (including phenoxy) is 1. The van der Waals surface area contributed by atoms with Crippen molar-refractivity contribution in [1.82, 2.24) is 19.5 Å². The number of nitrogens with two attached hydrogens (primary N) is 1. The van der Waals surface area contributed by atoms with Gasteiger partial charge >= 0.3 is 37.7 Å². The van der Waals surface area contributed by atoms with E-state index >= 15 is 0 Å². The Hall–Kier alpha value is -0.135. The van der Waals surface area contributed by atoms with Crippen molar-refractivity contribution in [3.63, 3.8) is 0 Å². The molecule has 3 atom stereocenters. The Bertz CT molecular complexity index is 790. The van der Waals surface area contributed by atoms with Gasteiger partial charge in [0.05, 0.1) is 26.9 Å².